The molecule has 1 heterocycles. The number of hydrogen-bond acceptors (Lipinski definition) is 6. The monoisotopic (exact) mass is 625 g/mol. The number of urea groups is 1. The summed E-state index contributed by atoms with van der Waals surface area (Å²) in [6.45, 7) is 10.0. The maximum absolute atomic E-state index is 13.4. The molecule has 0 bridgehead atoms. The van der Waals surface area contributed by atoms with Crippen molar-refractivity contribution < 1.29 is 19.5 Å². The molecule has 0 saturated carbocycles. The molecule has 0 fully saturated rings. The number of amides is 3. The number of aliphatic carboxylic acids is 1. The number of H-pyrrole nitrogens is 1. The van der Waals surface area contributed by atoms with Gasteiger partial charge in [-0.1, -0.05) is 108 Å². The lowest BCUT2D eigenvalue weighted by Crippen LogP contribution is -2.51. The van der Waals surface area contributed by atoms with Crippen LogP contribution >= 0.6 is 0 Å². The van der Waals surface area contributed by atoms with E-state index in [-0.39, 0.29) is 37.3 Å². The van der Waals surface area contributed by atoms with Crippen LogP contribution in [0.25, 0.3) is 22.5 Å². The third-order valence-corrected chi connectivity index (χ3v) is 7.92. The van der Waals surface area contributed by atoms with Crippen LogP contribution in [0.15, 0.2) is 66.7 Å². The zero-order chi connectivity index (χ0) is 33.2. The van der Waals surface area contributed by atoms with E-state index >= 15 is 0 Å². The Morgan fingerprint density at radius 3 is 2.11 bits per heavy atom. The van der Waals surface area contributed by atoms with Gasteiger partial charge in [0.1, 0.15) is 6.04 Å². The second-order valence-electron chi connectivity index (χ2n) is 11.9. The predicted octanol–water partition coefficient (Wildman–Crippen LogP) is 6.57. The van der Waals surface area contributed by atoms with Gasteiger partial charge < -0.3 is 20.6 Å². The highest BCUT2D eigenvalue weighted by atomic mass is 16.4. The van der Waals surface area contributed by atoms with Crippen LogP contribution in [0, 0.1) is 0 Å². The first-order valence-corrected chi connectivity index (χ1v) is 15.7. The molecule has 1 aromatic heterocycles. The first-order valence-electron chi connectivity index (χ1n) is 15.7. The summed E-state index contributed by atoms with van der Waals surface area (Å²) in [5, 5.41) is 30.3. The SMILES string of the molecule is CCCCC(=O)N(Cc1ccc(-c2ccccc2-c2nn[nH]n2)cc1)C(CNC(=O)Nc1c(C(C)C)cccc1C(C)C)C(=O)O. The molecule has 3 aromatic carbocycles. The van der Waals surface area contributed by atoms with Crippen LogP contribution in [-0.2, 0) is 16.1 Å². The largest absolute Gasteiger partial charge is 0.480 e. The van der Waals surface area contributed by atoms with Gasteiger partial charge in [-0.2, -0.15) is 5.21 Å². The third kappa shape index (κ3) is 8.35. The van der Waals surface area contributed by atoms with Crippen LogP contribution in [0.4, 0.5) is 10.5 Å². The van der Waals surface area contributed by atoms with E-state index in [9.17, 15) is 19.5 Å². The molecule has 0 spiro atoms. The average molecular weight is 626 g/mol. The molecule has 0 aliphatic rings. The Bertz CT molecular complexity index is 1590. The molecular weight excluding hydrogens is 582 g/mol. The Morgan fingerprint density at radius 1 is 0.891 bits per heavy atom. The number of nitrogens with zero attached hydrogens (tertiary/aromatic N) is 4. The standard InChI is InChI=1S/C35H43N7O4/c1-6-7-15-31(43)42(21-24-16-18-25(19-17-24)28-11-8-9-12-29(28)33-38-40-41-39-33)30(34(44)45)20-36-35(46)37-32-26(22(2)3)13-10-14-27(32)23(4)5/h8-14,16-19,22-23,30H,6-7,15,20-21H2,1-5H3,(H,44,45)(H2,36,37,46)(H,38,39,40,41). The molecule has 0 aliphatic heterocycles. The van der Waals surface area contributed by atoms with E-state index in [2.05, 4.69) is 59.0 Å². The Labute approximate surface area is 269 Å². The Morgan fingerprint density at radius 2 is 1.54 bits per heavy atom. The van der Waals surface area contributed by atoms with E-state index in [0.717, 1.165) is 45.5 Å². The molecule has 4 rings (SSSR count). The number of aromatic nitrogens is 4. The number of rotatable bonds is 14. The molecule has 11 heteroatoms. The minimum absolute atomic E-state index is 0.0727. The zero-order valence-corrected chi connectivity index (χ0v) is 27.1. The van der Waals surface area contributed by atoms with Gasteiger partial charge in [-0.25, -0.2) is 9.59 Å². The second kappa shape index (κ2) is 15.8. The number of carboxylic acid groups (broad SMARTS) is 1. The molecule has 3 amide bonds. The highest BCUT2D eigenvalue weighted by Gasteiger charge is 2.30. The van der Waals surface area contributed by atoms with Gasteiger partial charge in [0, 0.05) is 24.2 Å². The van der Waals surface area contributed by atoms with Gasteiger partial charge in [0.15, 0.2) is 0 Å². The first kappa shape index (κ1) is 33.8. The van der Waals surface area contributed by atoms with Crippen LogP contribution in [0.3, 0.4) is 0 Å². The molecule has 46 heavy (non-hydrogen) atoms. The lowest BCUT2D eigenvalue weighted by molar-refractivity contribution is -0.150. The normalized spacial score (nSPS) is 11.8. The van der Waals surface area contributed by atoms with E-state index in [1.807, 2.05) is 73.7 Å². The Balaban J connectivity index is 1.54. The lowest BCUT2D eigenvalue weighted by Gasteiger charge is -2.30. The van der Waals surface area contributed by atoms with Gasteiger partial charge >= 0.3 is 12.0 Å². The van der Waals surface area contributed by atoms with Crippen LogP contribution in [0.5, 0.6) is 0 Å². The topological polar surface area (TPSA) is 153 Å². The number of hydrogen-bond donors (Lipinski definition) is 4. The van der Waals surface area contributed by atoms with Crippen molar-refractivity contribution in [2.24, 2.45) is 0 Å². The number of para-hydroxylation sites is 1. The summed E-state index contributed by atoms with van der Waals surface area (Å²) in [5.74, 6) is -0.657. The molecule has 4 aromatic rings. The maximum atomic E-state index is 13.4. The molecule has 11 nitrogen and oxygen atoms in total. The van der Waals surface area contributed by atoms with E-state index in [4.69, 9.17) is 0 Å². The van der Waals surface area contributed by atoms with E-state index in [0.29, 0.717) is 12.2 Å². The fraction of sp³-hybridized carbons (Fsp3) is 0.371. The van der Waals surface area contributed by atoms with Crippen molar-refractivity contribution >= 4 is 23.6 Å². The van der Waals surface area contributed by atoms with Gasteiger partial charge in [0.25, 0.3) is 0 Å². The van der Waals surface area contributed by atoms with Crippen molar-refractivity contribution in [1.82, 2.24) is 30.8 Å². The number of carbonyl (C=O) groups is 3. The number of anilines is 1. The summed E-state index contributed by atoms with van der Waals surface area (Å²) in [6.07, 6.45) is 1.63. The Kier molecular flexibility index (Phi) is 11.6. The summed E-state index contributed by atoms with van der Waals surface area (Å²) in [7, 11) is 0. The number of unbranched alkanes of at least 4 members (excludes halogenated alkanes) is 1. The second-order valence-corrected chi connectivity index (χ2v) is 11.9. The molecule has 0 aliphatic carbocycles. The van der Waals surface area contributed by atoms with Crippen molar-refractivity contribution in [3.8, 4) is 22.5 Å². The van der Waals surface area contributed by atoms with Gasteiger partial charge in [-0.05, 0) is 51.3 Å². The molecule has 0 saturated heterocycles. The Hall–Kier alpha value is -5.06. The van der Waals surface area contributed by atoms with Crippen LogP contribution < -0.4 is 10.6 Å². The van der Waals surface area contributed by atoms with Crippen molar-refractivity contribution in [3.63, 3.8) is 0 Å². The number of aromatic amines is 1. The molecule has 242 valence electrons. The van der Waals surface area contributed by atoms with Crippen molar-refractivity contribution in [1.29, 1.82) is 0 Å². The number of benzene rings is 3. The molecular formula is C35H43N7O4. The average Bonchev–Trinajstić information content (AvgIpc) is 3.58. The smallest absolute Gasteiger partial charge is 0.328 e. The van der Waals surface area contributed by atoms with E-state index < -0.39 is 18.0 Å². The molecule has 0 radical (unpaired) electrons. The van der Waals surface area contributed by atoms with Gasteiger partial charge in [0.2, 0.25) is 11.7 Å². The quantitative estimate of drug-likeness (QED) is 0.124. The number of carbonyl (C=O) groups excluding carboxylic acids is 2. The first-order chi connectivity index (χ1) is 22.1. The highest BCUT2D eigenvalue weighted by Crippen LogP contribution is 2.33. The number of tetrazole rings is 1. The van der Waals surface area contributed by atoms with E-state index in [1.165, 1.54) is 4.90 Å². The fourth-order valence-corrected chi connectivity index (χ4v) is 5.41. The minimum Gasteiger partial charge on any atom is -0.480 e. The maximum Gasteiger partial charge on any atom is 0.328 e. The zero-order valence-electron chi connectivity index (χ0n) is 27.1. The molecule has 1 unspecified atom stereocenters. The summed E-state index contributed by atoms with van der Waals surface area (Å²) >= 11 is 0. The number of carboxylic acids is 1. The summed E-state index contributed by atoms with van der Waals surface area (Å²) < 4.78 is 0. The van der Waals surface area contributed by atoms with Crippen LogP contribution in [0.1, 0.15) is 82.4 Å². The fourth-order valence-electron chi connectivity index (χ4n) is 5.41. The van der Waals surface area contributed by atoms with Gasteiger partial charge in [-0.3, -0.25) is 4.79 Å². The molecule has 4 N–H and O–H groups in total. The van der Waals surface area contributed by atoms with Gasteiger partial charge in [0.05, 0.1) is 6.54 Å². The predicted molar refractivity (Wildman–Crippen MR) is 178 cm³/mol. The number of nitrogens with one attached hydrogen (secondary N) is 3. The lowest BCUT2D eigenvalue weighted by atomic mass is 9.93. The minimum atomic E-state index is -1.27. The van der Waals surface area contributed by atoms with Crippen LogP contribution in [-0.4, -0.2) is 61.1 Å². The summed E-state index contributed by atoms with van der Waals surface area (Å²) in [6, 6.07) is 19.4. The highest BCUT2D eigenvalue weighted by molar-refractivity contribution is 5.92. The van der Waals surface area contributed by atoms with Crippen molar-refractivity contribution in [3.05, 3.63) is 83.4 Å². The van der Waals surface area contributed by atoms with Gasteiger partial charge in [-0.15, -0.1) is 10.2 Å². The van der Waals surface area contributed by atoms with Crippen molar-refractivity contribution in [2.75, 3.05) is 11.9 Å². The third-order valence-electron chi connectivity index (χ3n) is 7.92. The van der Waals surface area contributed by atoms with Crippen LogP contribution in [0.2, 0.25) is 0 Å². The summed E-state index contributed by atoms with van der Waals surface area (Å²) in [5.41, 5.74) is 6.11. The summed E-state index contributed by atoms with van der Waals surface area (Å²) in [4.78, 5) is 40.5. The molecule has 1 atom stereocenters. The van der Waals surface area contributed by atoms with E-state index in [1.54, 1.807) is 0 Å². The van der Waals surface area contributed by atoms with Crippen molar-refractivity contribution in [2.45, 2.75) is 78.3 Å².